The van der Waals surface area contributed by atoms with Gasteiger partial charge in [-0.1, -0.05) is 0 Å². The van der Waals surface area contributed by atoms with Crippen LogP contribution in [0.3, 0.4) is 0 Å². The number of hydrogen-bond acceptors (Lipinski definition) is 6. The number of benzene rings is 1. The van der Waals surface area contributed by atoms with Gasteiger partial charge in [0, 0.05) is 18.0 Å². The Labute approximate surface area is 109 Å². The third kappa shape index (κ3) is 2.54. The standard InChI is InChI=1S/C12H12N4O3/c1-7-6-8(13)2-3-9(7)19-10-4-5-15-12(14)11(10)16(17)18/h2-6H,13H2,1H3,(H2,14,15). The number of ether oxygens (including phenoxy) is 1. The Balaban J connectivity index is 2.44. The van der Waals surface area contributed by atoms with E-state index < -0.39 is 4.92 Å². The first-order chi connectivity index (χ1) is 8.99. The van der Waals surface area contributed by atoms with E-state index in [2.05, 4.69) is 4.98 Å². The van der Waals surface area contributed by atoms with Gasteiger partial charge in [0.25, 0.3) is 0 Å². The van der Waals surface area contributed by atoms with Crippen molar-refractivity contribution in [2.45, 2.75) is 6.92 Å². The number of anilines is 2. The van der Waals surface area contributed by atoms with Crippen LogP contribution in [0.15, 0.2) is 30.5 Å². The first-order valence-corrected chi connectivity index (χ1v) is 5.42. The molecule has 1 aromatic heterocycles. The highest BCUT2D eigenvalue weighted by Crippen LogP contribution is 2.35. The molecule has 0 aliphatic carbocycles. The molecule has 0 radical (unpaired) electrons. The first kappa shape index (κ1) is 12.6. The van der Waals surface area contributed by atoms with Crippen molar-refractivity contribution < 1.29 is 9.66 Å². The number of nitrogen functional groups attached to an aromatic ring is 2. The van der Waals surface area contributed by atoms with Crippen LogP contribution in [-0.2, 0) is 0 Å². The Morgan fingerprint density at radius 1 is 1.26 bits per heavy atom. The van der Waals surface area contributed by atoms with Crippen molar-refractivity contribution in [1.29, 1.82) is 0 Å². The SMILES string of the molecule is Cc1cc(N)ccc1Oc1ccnc(N)c1[N+](=O)[O-]. The lowest BCUT2D eigenvalue weighted by atomic mass is 10.2. The average Bonchev–Trinajstić information content (AvgIpc) is 2.32. The van der Waals surface area contributed by atoms with E-state index in [0.717, 1.165) is 5.56 Å². The van der Waals surface area contributed by atoms with Crippen molar-refractivity contribution in [3.8, 4) is 11.5 Å². The largest absolute Gasteiger partial charge is 0.450 e. The number of pyridine rings is 1. The fraction of sp³-hybridized carbons (Fsp3) is 0.0833. The van der Waals surface area contributed by atoms with Crippen molar-refractivity contribution >= 4 is 17.2 Å². The summed E-state index contributed by atoms with van der Waals surface area (Å²) < 4.78 is 5.52. The molecule has 0 atom stereocenters. The van der Waals surface area contributed by atoms with Crippen LogP contribution >= 0.6 is 0 Å². The van der Waals surface area contributed by atoms with Crippen LogP contribution in [-0.4, -0.2) is 9.91 Å². The number of aromatic nitrogens is 1. The van der Waals surface area contributed by atoms with E-state index in [4.69, 9.17) is 16.2 Å². The summed E-state index contributed by atoms with van der Waals surface area (Å²) in [5, 5.41) is 11.0. The molecule has 2 aromatic rings. The van der Waals surface area contributed by atoms with Gasteiger partial charge in [0.1, 0.15) is 5.75 Å². The van der Waals surface area contributed by atoms with Crippen LogP contribution in [0.5, 0.6) is 11.5 Å². The molecule has 0 spiro atoms. The Bertz CT molecular complexity index is 643. The van der Waals surface area contributed by atoms with Crippen LogP contribution in [0.25, 0.3) is 0 Å². The van der Waals surface area contributed by atoms with Crippen LogP contribution in [0.4, 0.5) is 17.2 Å². The van der Waals surface area contributed by atoms with Gasteiger partial charge in [-0.3, -0.25) is 10.1 Å². The van der Waals surface area contributed by atoms with E-state index in [1.807, 2.05) is 0 Å². The lowest BCUT2D eigenvalue weighted by molar-refractivity contribution is -0.384. The molecule has 0 amide bonds. The van der Waals surface area contributed by atoms with E-state index >= 15 is 0 Å². The zero-order chi connectivity index (χ0) is 14.0. The molecule has 4 N–H and O–H groups in total. The highest BCUT2D eigenvalue weighted by atomic mass is 16.6. The van der Waals surface area contributed by atoms with Crippen molar-refractivity contribution in [3.05, 3.63) is 46.1 Å². The molecule has 7 nitrogen and oxygen atoms in total. The second-order valence-electron chi connectivity index (χ2n) is 3.93. The molecule has 2 rings (SSSR count). The molecule has 0 aliphatic rings. The molecule has 7 heteroatoms. The maximum absolute atomic E-state index is 11.0. The van der Waals surface area contributed by atoms with Crippen molar-refractivity contribution in [2.75, 3.05) is 11.5 Å². The summed E-state index contributed by atoms with van der Waals surface area (Å²) in [6.07, 6.45) is 1.35. The molecule has 0 bridgehead atoms. The van der Waals surface area contributed by atoms with E-state index in [0.29, 0.717) is 11.4 Å². The topological polar surface area (TPSA) is 117 Å². The van der Waals surface area contributed by atoms with Gasteiger partial charge >= 0.3 is 5.69 Å². The molecule has 1 heterocycles. The van der Waals surface area contributed by atoms with Gasteiger partial charge in [0.05, 0.1) is 4.92 Å². The van der Waals surface area contributed by atoms with Gasteiger partial charge in [0.15, 0.2) is 0 Å². The van der Waals surface area contributed by atoms with Gasteiger partial charge in [-0.25, -0.2) is 4.98 Å². The molecular weight excluding hydrogens is 248 g/mol. The fourth-order valence-corrected chi connectivity index (χ4v) is 1.62. The summed E-state index contributed by atoms with van der Waals surface area (Å²) in [4.78, 5) is 14.0. The molecule has 19 heavy (non-hydrogen) atoms. The maximum atomic E-state index is 11.0. The summed E-state index contributed by atoms with van der Waals surface area (Å²) in [5.41, 5.74) is 12.1. The lowest BCUT2D eigenvalue weighted by Crippen LogP contribution is -2.01. The van der Waals surface area contributed by atoms with Gasteiger partial charge in [-0.05, 0) is 30.7 Å². The molecule has 0 fully saturated rings. The smallest absolute Gasteiger partial charge is 0.353 e. The fourth-order valence-electron chi connectivity index (χ4n) is 1.62. The van der Waals surface area contributed by atoms with Crippen LogP contribution in [0.2, 0.25) is 0 Å². The molecule has 0 saturated heterocycles. The summed E-state index contributed by atoms with van der Waals surface area (Å²) in [5.74, 6) is 0.337. The minimum atomic E-state index is -0.621. The normalized spacial score (nSPS) is 10.2. The van der Waals surface area contributed by atoms with Crippen LogP contribution < -0.4 is 16.2 Å². The second-order valence-corrected chi connectivity index (χ2v) is 3.93. The number of nitrogens with two attached hydrogens (primary N) is 2. The average molecular weight is 260 g/mol. The van der Waals surface area contributed by atoms with Gasteiger partial charge in [-0.2, -0.15) is 0 Å². The third-order valence-corrected chi connectivity index (χ3v) is 2.52. The second kappa shape index (κ2) is 4.81. The Hall–Kier alpha value is -2.83. The highest BCUT2D eigenvalue weighted by Gasteiger charge is 2.21. The maximum Gasteiger partial charge on any atom is 0.353 e. The van der Waals surface area contributed by atoms with Crippen molar-refractivity contribution in [3.63, 3.8) is 0 Å². The van der Waals surface area contributed by atoms with Crippen LogP contribution in [0, 0.1) is 17.0 Å². The monoisotopic (exact) mass is 260 g/mol. The zero-order valence-electron chi connectivity index (χ0n) is 10.2. The zero-order valence-corrected chi connectivity index (χ0v) is 10.2. The van der Waals surface area contributed by atoms with E-state index in [1.165, 1.54) is 12.3 Å². The number of hydrogen-bond donors (Lipinski definition) is 2. The van der Waals surface area contributed by atoms with Gasteiger partial charge in [0.2, 0.25) is 11.6 Å². The predicted octanol–water partition coefficient (Wildman–Crippen LogP) is 2.25. The summed E-state index contributed by atoms with van der Waals surface area (Å²) in [7, 11) is 0. The highest BCUT2D eigenvalue weighted by molar-refractivity contribution is 5.62. The molecule has 0 saturated carbocycles. The van der Waals surface area contributed by atoms with E-state index in [9.17, 15) is 10.1 Å². The van der Waals surface area contributed by atoms with E-state index in [1.54, 1.807) is 25.1 Å². The van der Waals surface area contributed by atoms with Gasteiger partial charge in [-0.15, -0.1) is 0 Å². The first-order valence-electron chi connectivity index (χ1n) is 5.42. The molecule has 0 unspecified atom stereocenters. The molecular formula is C12H12N4O3. The molecule has 0 aliphatic heterocycles. The minimum Gasteiger partial charge on any atom is -0.450 e. The Morgan fingerprint density at radius 3 is 2.63 bits per heavy atom. The number of nitrogens with zero attached hydrogens (tertiary/aromatic N) is 2. The summed E-state index contributed by atoms with van der Waals surface area (Å²) in [6.45, 7) is 1.79. The molecule has 98 valence electrons. The number of nitro groups is 1. The molecule has 1 aromatic carbocycles. The van der Waals surface area contributed by atoms with Gasteiger partial charge < -0.3 is 16.2 Å². The summed E-state index contributed by atoms with van der Waals surface area (Å²) in [6, 6.07) is 6.40. The Kier molecular flexibility index (Phi) is 3.19. The quantitative estimate of drug-likeness (QED) is 0.496. The van der Waals surface area contributed by atoms with Crippen molar-refractivity contribution in [1.82, 2.24) is 4.98 Å². The van der Waals surface area contributed by atoms with E-state index in [-0.39, 0.29) is 17.3 Å². The minimum absolute atomic E-state index is 0.0466. The van der Waals surface area contributed by atoms with Crippen LogP contribution in [0.1, 0.15) is 5.56 Å². The Morgan fingerprint density at radius 2 is 2.00 bits per heavy atom. The predicted molar refractivity (Wildman–Crippen MR) is 71.0 cm³/mol. The summed E-state index contributed by atoms with van der Waals surface area (Å²) >= 11 is 0. The lowest BCUT2D eigenvalue weighted by Gasteiger charge is -2.09. The van der Waals surface area contributed by atoms with Crippen molar-refractivity contribution in [2.24, 2.45) is 0 Å². The third-order valence-electron chi connectivity index (χ3n) is 2.52. The number of rotatable bonds is 3. The number of aryl methyl sites for hydroxylation is 1.